The van der Waals surface area contributed by atoms with Crippen LogP contribution in [0.2, 0.25) is 0 Å². The molecule has 22 heavy (non-hydrogen) atoms. The lowest BCUT2D eigenvalue weighted by molar-refractivity contribution is 0.0536. The van der Waals surface area contributed by atoms with E-state index >= 15 is 0 Å². The zero-order chi connectivity index (χ0) is 14.9. The van der Waals surface area contributed by atoms with Crippen LogP contribution in [0.15, 0.2) is 21.8 Å². The minimum Gasteiger partial charge on any atom is -0.382 e. The monoisotopic (exact) mass is 439 g/mol. The molecule has 1 saturated heterocycles. The largest absolute Gasteiger partial charge is 0.382 e. The SMILES string of the molecule is CN=C(NCc1ccsc1)N1CCC(COCCOC)C1.I. The molecule has 1 aliphatic rings. The number of nitrogens with one attached hydrogen (secondary N) is 1. The van der Waals surface area contributed by atoms with Crippen LogP contribution in [-0.2, 0) is 16.0 Å². The van der Waals surface area contributed by atoms with Crippen LogP contribution >= 0.6 is 35.3 Å². The number of halogens is 1. The fourth-order valence-electron chi connectivity index (χ4n) is 2.46. The van der Waals surface area contributed by atoms with Gasteiger partial charge in [0.25, 0.3) is 0 Å². The van der Waals surface area contributed by atoms with Gasteiger partial charge in [0.05, 0.1) is 19.8 Å². The average molecular weight is 439 g/mol. The number of ether oxygens (including phenoxy) is 2. The second-order valence-corrected chi connectivity index (χ2v) is 5.98. The first kappa shape index (κ1) is 19.7. The summed E-state index contributed by atoms with van der Waals surface area (Å²) >= 11 is 1.72. The molecule has 1 aromatic rings. The minimum absolute atomic E-state index is 0. The summed E-state index contributed by atoms with van der Waals surface area (Å²) in [5.41, 5.74) is 1.31. The van der Waals surface area contributed by atoms with E-state index in [1.165, 1.54) is 5.56 Å². The van der Waals surface area contributed by atoms with Crippen molar-refractivity contribution >= 4 is 41.3 Å². The highest BCUT2D eigenvalue weighted by Crippen LogP contribution is 2.16. The van der Waals surface area contributed by atoms with Crippen molar-refractivity contribution < 1.29 is 9.47 Å². The number of nitrogens with zero attached hydrogens (tertiary/aromatic N) is 2. The molecule has 0 bridgehead atoms. The summed E-state index contributed by atoms with van der Waals surface area (Å²) in [4.78, 5) is 6.70. The van der Waals surface area contributed by atoms with Crippen LogP contribution in [0.3, 0.4) is 0 Å². The number of aliphatic imine (C=N–C) groups is 1. The molecule has 0 radical (unpaired) electrons. The van der Waals surface area contributed by atoms with Crippen LogP contribution in [0.5, 0.6) is 0 Å². The van der Waals surface area contributed by atoms with Crippen LogP contribution in [0.25, 0.3) is 0 Å². The maximum absolute atomic E-state index is 5.63. The van der Waals surface area contributed by atoms with Gasteiger partial charge < -0.3 is 19.7 Å². The Morgan fingerprint density at radius 1 is 1.50 bits per heavy atom. The highest BCUT2D eigenvalue weighted by atomic mass is 127. The van der Waals surface area contributed by atoms with Gasteiger partial charge >= 0.3 is 0 Å². The van der Waals surface area contributed by atoms with Gasteiger partial charge in [0.2, 0.25) is 0 Å². The normalized spacial score (nSPS) is 18.4. The van der Waals surface area contributed by atoms with Crippen molar-refractivity contribution in [3.63, 3.8) is 0 Å². The smallest absolute Gasteiger partial charge is 0.193 e. The van der Waals surface area contributed by atoms with Gasteiger partial charge in [-0.1, -0.05) is 0 Å². The number of thiophene rings is 1. The molecule has 2 heterocycles. The predicted molar refractivity (Wildman–Crippen MR) is 102 cm³/mol. The molecule has 126 valence electrons. The lowest BCUT2D eigenvalue weighted by Crippen LogP contribution is -2.39. The molecular formula is C15H26IN3O2S. The third kappa shape index (κ3) is 6.39. The Morgan fingerprint density at radius 3 is 3.05 bits per heavy atom. The van der Waals surface area contributed by atoms with E-state index in [-0.39, 0.29) is 24.0 Å². The number of rotatable bonds is 7. The number of likely N-dealkylation sites (tertiary alicyclic amines) is 1. The first-order chi connectivity index (χ1) is 10.3. The Labute approximate surface area is 154 Å². The topological polar surface area (TPSA) is 46.1 Å². The van der Waals surface area contributed by atoms with Crippen LogP contribution in [0.1, 0.15) is 12.0 Å². The van der Waals surface area contributed by atoms with Crippen LogP contribution in [-0.4, -0.2) is 57.9 Å². The summed E-state index contributed by atoms with van der Waals surface area (Å²) in [5.74, 6) is 1.57. The Hall–Kier alpha value is -0.380. The van der Waals surface area contributed by atoms with Crippen LogP contribution in [0.4, 0.5) is 0 Å². The Balaban J connectivity index is 0.00000242. The second kappa shape index (κ2) is 11.2. The zero-order valence-corrected chi connectivity index (χ0v) is 16.4. The molecule has 2 rings (SSSR count). The number of hydrogen-bond donors (Lipinski definition) is 1. The summed E-state index contributed by atoms with van der Waals surface area (Å²) < 4.78 is 10.6. The van der Waals surface area contributed by atoms with Crippen molar-refractivity contribution in [1.82, 2.24) is 10.2 Å². The summed E-state index contributed by atoms with van der Waals surface area (Å²) in [5, 5.41) is 7.70. The fraction of sp³-hybridized carbons (Fsp3) is 0.667. The molecule has 5 nitrogen and oxygen atoms in total. The van der Waals surface area contributed by atoms with E-state index < -0.39 is 0 Å². The molecule has 0 amide bonds. The van der Waals surface area contributed by atoms with Crippen molar-refractivity contribution in [2.24, 2.45) is 10.9 Å². The summed E-state index contributed by atoms with van der Waals surface area (Å²) in [6.07, 6.45) is 1.16. The van der Waals surface area contributed by atoms with E-state index in [1.807, 2.05) is 7.05 Å². The lowest BCUT2D eigenvalue weighted by Gasteiger charge is -2.21. The average Bonchev–Trinajstić information content (AvgIpc) is 3.16. The fourth-order valence-corrected chi connectivity index (χ4v) is 3.13. The van der Waals surface area contributed by atoms with Gasteiger partial charge in [-0.15, -0.1) is 24.0 Å². The third-order valence-corrected chi connectivity index (χ3v) is 4.35. The third-order valence-electron chi connectivity index (χ3n) is 3.61. The maximum Gasteiger partial charge on any atom is 0.193 e. The summed E-state index contributed by atoms with van der Waals surface area (Å²) in [6, 6.07) is 2.14. The van der Waals surface area contributed by atoms with E-state index in [1.54, 1.807) is 18.4 Å². The predicted octanol–water partition coefficient (Wildman–Crippen LogP) is 2.43. The Morgan fingerprint density at radius 2 is 2.36 bits per heavy atom. The molecule has 0 saturated carbocycles. The van der Waals surface area contributed by atoms with Gasteiger partial charge in [-0.2, -0.15) is 11.3 Å². The molecule has 7 heteroatoms. The molecule has 1 unspecified atom stereocenters. The molecule has 0 spiro atoms. The van der Waals surface area contributed by atoms with E-state index in [0.29, 0.717) is 19.1 Å². The molecule has 1 N–H and O–H groups in total. The quantitative estimate of drug-likeness (QED) is 0.307. The summed E-state index contributed by atoms with van der Waals surface area (Å²) in [7, 11) is 3.54. The molecule has 1 aliphatic heterocycles. The van der Waals surface area contributed by atoms with Crippen LogP contribution < -0.4 is 5.32 Å². The molecule has 0 aromatic carbocycles. The van der Waals surface area contributed by atoms with E-state index in [0.717, 1.165) is 38.6 Å². The van der Waals surface area contributed by atoms with Gasteiger partial charge in [0.15, 0.2) is 5.96 Å². The summed E-state index contributed by atoms with van der Waals surface area (Å²) in [6.45, 7) is 5.04. The van der Waals surface area contributed by atoms with Crippen molar-refractivity contribution in [3.05, 3.63) is 22.4 Å². The van der Waals surface area contributed by atoms with Crippen molar-refractivity contribution in [2.75, 3.05) is 47.1 Å². The highest BCUT2D eigenvalue weighted by molar-refractivity contribution is 14.0. The standard InChI is InChI=1S/C15H25N3O2S.HI/c1-16-15(17-9-13-4-8-21-12-13)18-5-3-14(10-18)11-20-7-6-19-2;/h4,8,12,14H,3,5-7,9-11H2,1-2H3,(H,16,17);1H. The number of methoxy groups -OCH3 is 1. The lowest BCUT2D eigenvalue weighted by atomic mass is 10.1. The molecule has 1 atom stereocenters. The van der Waals surface area contributed by atoms with Gasteiger partial charge in [-0.05, 0) is 28.8 Å². The first-order valence-corrected chi connectivity index (χ1v) is 8.31. The van der Waals surface area contributed by atoms with E-state index in [4.69, 9.17) is 9.47 Å². The van der Waals surface area contributed by atoms with Gasteiger partial charge in [0.1, 0.15) is 0 Å². The van der Waals surface area contributed by atoms with Crippen molar-refractivity contribution in [2.45, 2.75) is 13.0 Å². The number of guanidine groups is 1. The maximum atomic E-state index is 5.63. The van der Waals surface area contributed by atoms with E-state index in [9.17, 15) is 0 Å². The van der Waals surface area contributed by atoms with Crippen LogP contribution in [0, 0.1) is 5.92 Å². The molecule has 1 aromatic heterocycles. The first-order valence-electron chi connectivity index (χ1n) is 7.37. The van der Waals surface area contributed by atoms with E-state index in [2.05, 4.69) is 32.0 Å². The highest BCUT2D eigenvalue weighted by Gasteiger charge is 2.24. The number of hydrogen-bond acceptors (Lipinski definition) is 4. The molecule has 1 fully saturated rings. The molecular weight excluding hydrogens is 413 g/mol. The second-order valence-electron chi connectivity index (χ2n) is 5.20. The van der Waals surface area contributed by atoms with Crippen molar-refractivity contribution in [1.29, 1.82) is 0 Å². The Kier molecular flexibility index (Phi) is 10.0. The Bertz CT molecular complexity index is 428. The zero-order valence-electron chi connectivity index (χ0n) is 13.3. The van der Waals surface area contributed by atoms with Gasteiger partial charge in [-0.3, -0.25) is 4.99 Å². The van der Waals surface area contributed by atoms with Gasteiger partial charge in [-0.25, -0.2) is 0 Å². The minimum atomic E-state index is 0. The van der Waals surface area contributed by atoms with Gasteiger partial charge in [0, 0.05) is 39.7 Å². The van der Waals surface area contributed by atoms with Crippen molar-refractivity contribution in [3.8, 4) is 0 Å². The molecule has 0 aliphatic carbocycles.